The topological polar surface area (TPSA) is 104 Å². The molecular weight excluding hydrogens is 546 g/mol. The van der Waals surface area contributed by atoms with E-state index in [1.54, 1.807) is 19.2 Å². The van der Waals surface area contributed by atoms with E-state index in [0.717, 1.165) is 42.1 Å². The molecule has 1 saturated heterocycles. The molecule has 0 radical (unpaired) electrons. The zero-order chi connectivity index (χ0) is 30.5. The summed E-state index contributed by atoms with van der Waals surface area (Å²) in [4.78, 5) is 39.6. The number of Topliss-reactive ketones (excluding diaryl/α,β-unsaturated/α-hetero) is 1. The third-order valence-electron chi connectivity index (χ3n) is 8.13. The average Bonchev–Trinajstić information content (AvgIpc) is 3.33. The van der Waals surface area contributed by atoms with Gasteiger partial charge in [0.2, 0.25) is 5.78 Å². The highest BCUT2D eigenvalue weighted by atomic mass is 16.6. The van der Waals surface area contributed by atoms with Gasteiger partial charge in [0.25, 0.3) is 5.69 Å². The third kappa shape index (κ3) is 6.61. The van der Waals surface area contributed by atoms with Gasteiger partial charge in [-0.3, -0.25) is 14.9 Å². The summed E-state index contributed by atoms with van der Waals surface area (Å²) in [6.45, 7) is 4.69. The first-order chi connectivity index (χ1) is 20.7. The lowest BCUT2D eigenvalue weighted by Gasteiger charge is -2.34. The van der Waals surface area contributed by atoms with E-state index in [9.17, 15) is 19.7 Å². The van der Waals surface area contributed by atoms with Crippen molar-refractivity contribution in [2.45, 2.75) is 33.1 Å². The van der Waals surface area contributed by atoms with Crippen LogP contribution in [0.4, 0.5) is 11.4 Å². The second kappa shape index (κ2) is 12.9. The number of hydrogen-bond acceptors (Lipinski definition) is 7. The number of methoxy groups -OCH3 is 1. The first-order valence-corrected chi connectivity index (χ1v) is 14.4. The van der Waals surface area contributed by atoms with Crippen molar-refractivity contribution in [1.29, 1.82) is 0 Å². The average molecular weight is 582 g/mol. The molecule has 0 aliphatic carbocycles. The normalized spacial score (nSPS) is 13.5. The molecule has 2 heterocycles. The molecule has 1 aliphatic rings. The van der Waals surface area contributed by atoms with E-state index in [1.165, 1.54) is 17.7 Å². The maximum absolute atomic E-state index is 13.3. The molecule has 9 heteroatoms. The van der Waals surface area contributed by atoms with Gasteiger partial charge in [-0.2, -0.15) is 0 Å². The van der Waals surface area contributed by atoms with Gasteiger partial charge in [-0.15, -0.1) is 0 Å². The van der Waals surface area contributed by atoms with Crippen LogP contribution in [-0.4, -0.2) is 48.0 Å². The van der Waals surface area contributed by atoms with Gasteiger partial charge in [0, 0.05) is 47.9 Å². The van der Waals surface area contributed by atoms with Crippen LogP contribution in [0, 0.1) is 29.9 Å². The smallest absolute Gasteiger partial charge is 0.340 e. The van der Waals surface area contributed by atoms with E-state index in [-0.39, 0.29) is 17.0 Å². The highest BCUT2D eigenvalue weighted by molar-refractivity contribution is 6.02. The molecule has 43 heavy (non-hydrogen) atoms. The number of nitro groups is 1. The number of nitrogens with zero attached hydrogens (tertiary/aromatic N) is 3. The highest BCUT2D eigenvalue weighted by Crippen LogP contribution is 2.31. The van der Waals surface area contributed by atoms with Crippen molar-refractivity contribution in [1.82, 2.24) is 4.57 Å². The van der Waals surface area contributed by atoms with Gasteiger partial charge in [0.15, 0.2) is 6.61 Å². The fourth-order valence-corrected chi connectivity index (χ4v) is 5.86. The molecule has 0 bridgehead atoms. The number of esters is 1. The number of rotatable bonds is 10. The molecule has 222 valence electrons. The van der Waals surface area contributed by atoms with Gasteiger partial charge in [0.1, 0.15) is 5.75 Å². The predicted octanol–water partition coefficient (Wildman–Crippen LogP) is 6.51. The third-order valence-corrected chi connectivity index (χ3v) is 8.13. The van der Waals surface area contributed by atoms with Crippen molar-refractivity contribution in [2.24, 2.45) is 5.92 Å². The Morgan fingerprint density at radius 3 is 2.28 bits per heavy atom. The maximum Gasteiger partial charge on any atom is 0.340 e. The predicted molar refractivity (Wildman–Crippen MR) is 165 cm³/mol. The van der Waals surface area contributed by atoms with Gasteiger partial charge in [-0.05, 0) is 81.0 Å². The Balaban J connectivity index is 1.29. The van der Waals surface area contributed by atoms with Crippen LogP contribution in [0.2, 0.25) is 0 Å². The summed E-state index contributed by atoms with van der Waals surface area (Å²) in [6, 6.07) is 23.9. The quantitative estimate of drug-likeness (QED) is 0.0910. The van der Waals surface area contributed by atoms with Crippen LogP contribution in [-0.2, 0) is 11.2 Å². The van der Waals surface area contributed by atoms with E-state index < -0.39 is 17.5 Å². The summed E-state index contributed by atoms with van der Waals surface area (Å²) < 4.78 is 12.7. The minimum absolute atomic E-state index is 0.0900. The molecule has 5 rings (SSSR count). The number of non-ortho nitro benzene ring substituents is 1. The molecule has 0 amide bonds. The van der Waals surface area contributed by atoms with Crippen LogP contribution < -0.4 is 9.64 Å². The van der Waals surface area contributed by atoms with Gasteiger partial charge >= 0.3 is 5.97 Å². The number of ketones is 1. The Labute approximate surface area is 250 Å². The van der Waals surface area contributed by atoms with E-state index in [4.69, 9.17) is 9.47 Å². The van der Waals surface area contributed by atoms with Gasteiger partial charge in [-0.1, -0.05) is 30.3 Å². The number of carbonyl (C=O) groups excluding carboxylic acids is 2. The lowest BCUT2D eigenvalue weighted by atomic mass is 9.90. The van der Waals surface area contributed by atoms with Crippen LogP contribution in [0.5, 0.6) is 5.75 Å². The molecule has 0 atom stereocenters. The highest BCUT2D eigenvalue weighted by Gasteiger charge is 2.27. The molecule has 3 aromatic carbocycles. The summed E-state index contributed by atoms with van der Waals surface area (Å²) >= 11 is 0. The molecular formula is C34H35N3O6. The number of ether oxygens (including phenoxy) is 2. The van der Waals surface area contributed by atoms with Crippen molar-refractivity contribution < 1.29 is 24.0 Å². The van der Waals surface area contributed by atoms with Crippen LogP contribution in [0.25, 0.3) is 5.69 Å². The zero-order valence-electron chi connectivity index (χ0n) is 24.6. The summed E-state index contributed by atoms with van der Waals surface area (Å²) in [7, 11) is 1.60. The Morgan fingerprint density at radius 2 is 1.63 bits per heavy atom. The second-order valence-corrected chi connectivity index (χ2v) is 10.9. The van der Waals surface area contributed by atoms with Crippen LogP contribution in [0.1, 0.15) is 50.5 Å². The molecule has 9 nitrogen and oxygen atoms in total. The monoisotopic (exact) mass is 581 g/mol. The molecule has 1 aliphatic heterocycles. The standard InChI is InChI=1S/C34H35N3O6/c1-23-19-30(24(2)36(23)27-9-12-29(42-3)13-10-27)33(38)22-43-34(39)31-21-28(37(40)41)11-14-32(31)35-17-15-26(16-18-35)20-25-7-5-4-6-8-25/h4-14,19,21,26H,15-18,20,22H2,1-3H3. The molecule has 1 aromatic heterocycles. The van der Waals surface area contributed by atoms with Crippen molar-refractivity contribution >= 4 is 23.1 Å². The number of aromatic nitrogens is 1. The molecule has 4 aromatic rings. The Kier molecular flexibility index (Phi) is 8.90. The summed E-state index contributed by atoms with van der Waals surface area (Å²) in [5, 5.41) is 11.5. The molecule has 0 N–H and O–H groups in total. The maximum atomic E-state index is 13.3. The Bertz CT molecular complexity index is 1620. The number of aryl methyl sites for hydroxylation is 1. The van der Waals surface area contributed by atoms with Gasteiger partial charge in [-0.25, -0.2) is 4.79 Å². The van der Waals surface area contributed by atoms with E-state index in [2.05, 4.69) is 17.0 Å². The number of carbonyl (C=O) groups is 2. The van der Waals surface area contributed by atoms with Crippen LogP contribution >= 0.6 is 0 Å². The number of hydrogen-bond donors (Lipinski definition) is 0. The Hall–Kier alpha value is -4.92. The molecule has 0 unspecified atom stereocenters. The molecule has 0 spiro atoms. The second-order valence-electron chi connectivity index (χ2n) is 10.9. The van der Waals surface area contributed by atoms with Crippen LogP contribution in [0.3, 0.4) is 0 Å². The minimum Gasteiger partial charge on any atom is -0.497 e. The first kappa shape index (κ1) is 29.6. The van der Waals surface area contributed by atoms with Gasteiger partial charge in [0.05, 0.1) is 23.3 Å². The number of piperidine rings is 1. The number of nitro benzene ring substituents is 1. The molecule has 1 fully saturated rings. The largest absolute Gasteiger partial charge is 0.497 e. The fraction of sp³-hybridized carbons (Fsp3) is 0.294. The zero-order valence-corrected chi connectivity index (χ0v) is 24.6. The number of anilines is 1. The van der Waals surface area contributed by atoms with Crippen molar-refractivity contribution in [3.8, 4) is 11.4 Å². The van der Waals surface area contributed by atoms with E-state index >= 15 is 0 Å². The van der Waals surface area contributed by atoms with Crippen molar-refractivity contribution in [3.05, 3.63) is 117 Å². The first-order valence-electron chi connectivity index (χ1n) is 14.4. The summed E-state index contributed by atoms with van der Waals surface area (Å²) in [5.74, 6) is 0.130. The minimum atomic E-state index is -0.762. The lowest BCUT2D eigenvalue weighted by molar-refractivity contribution is -0.384. The van der Waals surface area contributed by atoms with Crippen molar-refractivity contribution in [2.75, 3.05) is 31.7 Å². The fourth-order valence-electron chi connectivity index (χ4n) is 5.86. The van der Waals surface area contributed by atoms with Crippen LogP contribution in [0.15, 0.2) is 78.9 Å². The van der Waals surface area contributed by atoms with E-state index in [0.29, 0.717) is 30.3 Å². The molecule has 0 saturated carbocycles. The number of benzene rings is 3. The van der Waals surface area contributed by atoms with Crippen molar-refractivity contribution in [3.63, 3.8) is 0 Å². The summed E-state index contributed by atoms with van der Waals surface area (Å²) in [5.41, 5.74) is 4.67. The SMILES string of the molecule is COc1ccc(-n2c(C)cc(C(=O)COC(=O)c3cc([N+](=O)[O-])ccc3N3CCC(Cc4ccccc4)CC3)c2C)cc1. The van der Waals surface area contributed by atoms with Gasteiger partial charge < -0.3 is 18.9 Å². The lowest BCUT2D eigenvalue weighted by Crippen LogP contribution is -2.35. The summed E-state index contributed by atoms with van der Waals surface area (Å²) in [6.07, 6.45) is 2.86. The van der Waals surface area contributed by atoms with E-state index in [1.807, 2.05) is 60.9 Å². The Morgan fingerprint density at radius 1 is 0.930 bits per heavy atom.